The van der Waals surface area contributed by atoms with Gasteiger partial charge in [-0.2, -0.15) is 0 Å². The van der Waals surface area contributed by atoms with Gasteiger partial charge >= 0.3 is 0 Å². The van der Waals surface area contributed by atoms with Crippen molar-refractivity contribution in [1.29, 1.82) is 0 Å². The van der Waals surface area contributed by atoms with E-state index in [9.17, 15) is 4.79 Å². The van der Waals surface area contributed by atoms with Crippen molar-refractivity contribution in [3.05, 3.63) is 84.4 Å². The summed E-state index contributed by atoms with van der Waals surface area (Å²) in [6.07, 6.45) is 8.89. The van der Waals surface area contributed by atoms with Gasteiger partial charge in [0.15, 0.2) is 0 Å². The zero-order valence-corrected chi connectivity index (χ0v) is 18.3. The third-order valence-corrected chi connectivity index (χ3v) is 6.01. The van der Waals surface area contributed by atoms with E-state index in [1.165, 1.54) is 11.1 Å². The summed E-state index contributed by atoms with van der Waals surface area (Å²) in [5.74, 6) is 0.153. The number of likely N-dealkylation sites (tertiary alicyclic amines) is 1. The normalized spacial score (nSPS) is 18.9. The topological polar surface area (TPSA) is 58.1 Å². The molecule has 4 rings (SSSR count). The van der Waals surface area contributed by atoms with Gasteiger partial charge in [-0.1, -0.05) is 30.3 Å². The number of carbonyl (C=O) groups excluding carboxylic acids is 1. The zero-order valence-electron chi connectivity index (χ0n) is 18.3. The molecule has 5 heteroatoms. The van der Waals surface area contributed by atoms with Crippen molar-refractivity contribution in [2.24, 2.45) is 5.41 Å². The minimum atomic E-state index is -0.449. The number of benzene rings is 1. The highest BCUT2D eigenvalue weighted by Gasteiger charge is 2.45. The fraction of sp³-hybridized carbons (Fsp3) is 0.346. The van der Waals surface area contributed by atoms with Crippen molar-refractivity contribution >= 4 is 5.91 Å². The minimum Gasteiger partial charge on any atom is -0.353 e. The first kappa shape index (κ1) is 21.2. The maximum atomic E-state index is 13.5. The first-order valence-electron chi connectivity index (χ1n) is 11.0. The smallest absolute Gasteiger partial charge is 0.228 e. The van der Waals surface area contributed by atoms with Crippen LogP contribution in [0, 0.1) is 5.41 Å². The summed E-state index contributed by atoms with van der Waals surface area (Å²) < 4.78 is 0. The number of hydrogen-bond donors (Lipinski definition) is 1. The van der Waals surface area contributed by atoms with E-state index in [0.717, 1.165) is 37.2 Å². The Labute approximate surface area is 184 Å². The molecule has 1 saturated heterocycles. The second kappa shape index (κ2) is 9.40. The highest BCUT2D eigenvalue weighted by Crippen LogP contribution is 2.38. The largest absolute Gasteiger partial charge is 0.353 e. The Morgan fingerprint density at radius 3 is 2.61 bits per heavy atom. The summed E-state index contributed by atoms with van der Waals surface area (Å²) >= 11 is 0. The summed E-state index contributed by atoms with van der Waals surface area (Å²) in [6, 6.07) is 16.6. The van der Waals surface area contributed by atoms with E-state index in [0.29, 0.717) is 6.42 Å². The fourth-order valence-corrected chi connectivity index (χ4v) is 4.51. The van der Waals surface area contributed by atoms with Crippen LogP contribution in [0.3, 0.4) is 0 Å². The third-order valence-electron chi connectivity index (χ3n) is 6.01. The van der Waals surface area contributed by atoms with Crippen molar-refractivity contribution in [2.45, 2.75) is 39.3 Å². The number of hydrogen-bond acceptors (Lipinski definition) is 4. The van der Waals surface area contributed by atoms with Crippen LogP contribution in [0.5, 0.6) is 0 Å². The number of carbonyl (C=O) groups is 1. The monoisotopic (exact) mass is 414 g/mol. The summed E-state index contributed by atoms with van der Waals surface area (Å²) in [4.78, 5) is 24.3. The van der Waals surface area contributed by atoms with Gasteiger partial charge in [0.05, 0.1) is 5.41 Å². The van der Waals surface area contributed by atoms with Crippen molar-refractivity contribution in [3.8, 4) is 11.1 Å². The summed E-state index contributed by atoms with van der Waals surface area (Å²) in [6.45, 7) is 6.54. The number of pyridine rings is 2. The molecule has 0 saturated carbocycles. The average molecular weight is 415 g/mol. The van der Waals surface area contributed by atoms with E-state index in [2.05, 4.69) is 50.5 Å². The Balaban J connectivity index is 1.62. The fourth-order valence-electron chi connectivity index (χ4n) is 4.51. The maximum Gasteiger partial charge on any atom is 0.228 e. The third kappa shape index (κ3) is 5.00. The van der Waals surface area contributed by atoms with Crippen LogP contribution in [0.15, 0.2) is 73.3 Å². The molecule has 0 spiro atoms. The minimum absolute atomic E-state index is 0.118. The molecule has 0 radical (unpaired) electrons. The van der Waals surface area contributed by atoms with E-state index in [1.807, 2.05) is 50.6 Å². The van der Waals surface area contributed by atoms with Gasteiger partial charge in [0.25, 0.3) is 0 Å². The van der Waals surface area contributed by atoms with Gasteiger partial charge in [-0.15, -0.1) is 0 Å². The van der Waals surface area contributed by atoms with Crippen molar-refractivity contribution in [1.82, 2.24) is 20.2 Å². The molecule has 1 atom stereocenters. The molecule has 3 heterocycles. The second-order valence-corrected chi connectivity index (χ2v) is 8.80. The van der Waals surface area contributed by atoms with Crippen molar-refractivity contribution in [3.63, 3.8) is 0 Å². The van der Waals surface area contributed by atoms with Crippen LogP contribution in [-0.4, -0.2) is 39.9 Å². The van der Waals surface area contributed by atoms with Gasteiger partial charge in [-0.25, -0.2) is 0 Å². The molecule has 31 heavy (non-hydrogen) atoms. The van der Waals surface area contributed by atoms with Crippen LogP contribution in [0.25, 0.3) is 11.1 Å². The Morgan fingerprint density at radius 2 is 1.87 bits per heavy atom. The molecule has 1 fully saturated rings. The molecule has 5 nitrogen and oxygen atoms in total. The molecule has 160 valence electrons. The van der Waals surface area contributed by atoms with Crippen molar-refractivity contribution < 1.29 is 4.79 Å². The molecule has 1 unspecified atom stereocenters. The van der Waals surface area contributed by atoms with E-state index in [-0.39, 0.29) is 11.9 Å². The predicted octanol–water partition coefficient (Wildman–Crippen LogP) is 4.10. The lowest BCUT2D eigenvalue weighted by Crippen LogP contribution is -2.46. The van der Waals surface area contributed by atoms with Gasteiger partial charge in [-0.3, -0.25) is 19.7 Å². The maximum absolute atomic E-state index is 13.5. The standard InChI is InChI=1S/C26H30N4O/c1-20(2)29-25(31)26(11-15-30(19-26)18-21-9-13-27-14-10-21)16-22-6-3-4-8-24(22)23-7-5-12-28-17-23/h3-10,12-14,17,20H,11,15-16,18-19H2,1-2H3,(H,29,31). The molecular formula is C26H30N4O. The van der Waals surface area contributed by atoms with Gasteiger partial charge < -0.3 is 5.32 Å². The predicted molar refractivity (Wildman–Crippen MR) is 123 cm³/mol. The Bertz CT molecular complexity index is 1010. The first-order valence-corrected chi connectivity index (χ1v) is 11.0. The van der Waals surface area contributed by atoms with E-state index in [4.69, 9.17) is 0 Å². The molecule has 1 amide bonds. The van der Waals surface area contributed by atoms with Gasteiger partial charge in [0, 0.05) is 49.5 Å². The average Bonchev–Trinajstić information content (AvgIpc) is 3.19. The van der Waals surface area contributed by atoms with E-state index >= 15 is 0 Å². The molecule has 3 aromatic rings. The summed E-state index contributed by atoms with van der Waals surface area (Å²) in [5, 5.41) is 3.20. The Hall–Kier alpha value is -3.05. The Morgan fingerprint density at radius 1 is 1.06 bits per heavy atom. The van der Waals surface area contributed by atoms with Crippen LogP contribution < -0.4 is 5.32 Å². The van der Waals surface area contributed by atoms with Crippen LogP contribution in [0.1, 0.15) is 31.4 Å². The van der Waals surface area contributed by atoms with Crippen LogP contribution in [0.2, 0.25) is 0 Å². The van der Waals surface area contributed by atoms with Crippen LogP contribution in [0.4, 0.5) is 0 Å². The van der Waals surface area contributed by atoms with Crippen LogP contribution in [-0.2, 0) is 17.8 Å². The number of nitrogens with zero attached hydrogens (tertiary/aromatic N) is 3. The lowest BCUT2D eigenvalue weighted by molar-refractivity contribution is -0.131. The molecule has 1 aliphatic heterocycles. The van der Waals surface area contributed by atoms with Crippen LogP contribution >= 0.6 is 0 Å². The van der Waals surface area contributed by atoms with Gasteiger partial charge in [0.1, 0.15) is 0 Å². The van der Waals surface area contributed by atoms with Crippen molar-refractivity contribution in [2.75, 3.05) is 13.1 Å². The molecule has 2 aromatic heterocycles. The van der Waals surface area contributed by atoms with E-state index in [1.54, 1.807) is 6.20 Å². The molecule has 0 aliphatic carbocycles. The first-order chi connectivity index (χ1) is 15.1. The molecular weight excluding hydrogens is 384 g/mol. The molecule has 1 aliphatic rings. The lowest BCUT2D eigenvalue weighted by atomic mass is 9.78. The number of nitrogens with one attached hydrogen (secondary N) is 1. The highest BCUT2D eigenvalue weighted by atomic mass is 16.2. The number of aromatic nitrogens is 2. The van der Waals surface area contributed by atoms with Gasteiger partial charge in [0.2, 0.25) is 5.91 Å². The quantitative estimate of drug-likeness (QED) is 0.632. The van der Waals surface area contributed by atoms with Gasteiger partial charge in [-0.05, 0) is 68.1 Å². The molecule has 1 aromatic carbocycles. The second-order valence-electron chi connectivity index (χ2n) is 8.80. The molecule has 0 bridgehead atoms. The lowest BCUT2D eigenvalue weighted by Gasteiger charge is -2.30. The zero-order chi connectivity index (χ0) is 21.7. The molecule has 1 N–H and O–H groups in total. The summed E-state index contributed by atoms with van der Waals surface area (Å²) in [7, 11) is 0. The SMILES string of the molecule is CC(C)NC(=O)C1(Cc2ccccc2-c2cccnc2)CCN(Cc2ccncc2)C1. The Kier molecular flexibility index (Phi) is 6.42. The summed E-state index contributed by atoms with van der Waals surface area (Å²) in [5.41, 5.74) is 4.21. The number of rotatable bonds is 7. The highest BCUT2D eigenvalue weighted by molar-refractivity contribution is 5.84. The van der Waals surface area contributed by atoms with E-state index < -0.39 is 5.41 Å². The number of amides is 1.